The second-order valence-corrected chi connectivity index (χ2v) is 7.51. The van der Waals surface area contributed by atoms with Crippen LogP contribution in [0.15, 0.2) is 5.51 Å². The lowest BCUT2D eigenvalue weighted by atomic mass is 9.80. The summed E-state index contributed by atoms with van der Waals surface area (Å²) in [5.74, 6) is 0.196. The molecular weight excluding hydrogens is 282 g/mol. The molecule has 5 heteroatoms. The largest absolute Gasteiger partial charge is 0.333 e. The molecule has 0 aliphatic carbocycles. The lowest BCUT2D eigenvalue weighted by Gasteiger charge is -2.51. The van der Waals surface area contributed by atoms with Gasteiger partial charge >= 0.3 is 0 Å². The van der Waals surface area contributed by atoms with Gasteiger partial charge in [0, 0.05) is 12.1 Å². The van der Waals surface area contributed by atoms with Gasteiger partial charge < -0.3 is 4.90 Å². The third-order valence-electron chi connectivity index (χ3n) is 5.47. The van der Waals surface area contributed by atoms with Crippen LogP contribution >= 0.6 is 11.3 Å². The van der Waals surface area contributed by atoms with Crippen LogP contribution < -0.4 is 0 Å². The molecule has 1 aromatic rings. The van der Waals surface area contributed by atoms with Crippen LogP contribution in [0.25, 0.3) is 0 Å². The number of amides is 1. The van der Waals surface area contributed by atoms with Gasteiger partial charge in [0.15, 0.2) is 0 Å². The molecule has 1 aromatic heterocycles. The summed E-state index contributed by atoms with van der Waals surface area (Å²) in [4.78, 5) is 22.7. The van der Waals surface area contributed by atoms with Crippen molar-refractivity contribution in [3.63, 3.8) is 0 Å². The summed E-state index contributed by atoms with van der Waals surface area (Å²) < 4.78 is 0. The number of hydrogen-bond acceptors (Lipinski definition) is 4. The van der Waals surface area contributed by atoms with Gasteiger partial charge in [0.1, 0.15) is 4.88 Å². The highest BCUT2D eigenvalue weighted by atomic mass is 32.1. The van der Waals surface area contributed by atoms with Crippen LogP contribution in [0.5, 0.6) is 0 Å². The number of piperidine rings is 1. The van der Waals surface area contributed by atoms with Crippen LogP contribution in [-0.2, 0) is 0 Å². The van der Waals surface area contributed by atoms with Gasteiger partial charge in [0.05, 0.1) is 17.2 Å². The normalized spacial score (nSPS) is 30.8. The maximum Gasteiger partial charge on any atom is 0.266 e. The van der Waals surface area contributed by atoms with E-state index in [1.54, 1.807) is 5.51 Å². The number of rotatable bonds is 1. The molecule has 0 radical (unpaired) electrons. The topological polar surface area (TPSA) is 36.4 Å². The van der Waals surface area contributed by atoms with Crippen molar-refractivity contribution in [3.05, 3.63) is 16.1 Å². The van der Waals surface area contributed by atoms with Crippen molar-refractivity contribution < 1.29 is 4.79 Å². The van der Waals surface area contributed by atoms with E-state index in [-0.39, 0.29) is 11.4 Å². The van der Waals surface area contributed by atoms with Gasteiger partial charge in [-0.1, -0.05) is 6.42 Å². The first-order valence-electron chi connectivity index (χ1n) is 7.96. The minimum Gasteiger partial charge on any atom is -0.333 e. The first-order chi connectivity index (χ1) is 10.0. The van der Waals surface area contributed by atoms with E-state index >= 15 is 0 Å². The van der Waals surface area contributed by atoms with Crippen molar-refractivity contribution >= 4 is 17.2 Å². The zero-order valence-electron chi connectivity index (χ0n) is 13.3. The fourth-order valence-electron chi connectivity index (χ4n) is 4.00. The first kappa shape index (κ1) is 15.0. The zero-order chi connectivity index (χ0) is 15.0. The summed E-state index contributed by atoms with van der Waals surface area (Å²) in [6.45, 7) is 6.33. The molecule has 2 aliphatic heterocycles. The summed E-state index contributed by atoms with van der Waals surface area (Å²) in [5, 5.41) is 0. The molecule has 0 unspecified atom stereocenters. The Labute approximate surface area is 131 Å². The number of likely N-dealkylation sites (N-methyl/N-ethyl adjacent to an activating group) is 1. The maximum absolute atomic E-state index is 13.0. The molecule has 1 amide bonds. The molecule has 0 bridgehead atoms. The Bertz CT molecular complexity index is 529. The smallest absolute Gasteiger partial charge is 0.266 e. The standard InChI is InChI=1S/C16H25N3OS/c1-12-14(21-11-17-12)15(20)19-10-6-8-16(2)13(19)7-4-5-9-18(16)3/h11,13H,4-10H2,1-3H3/t13-,16-/m0/s1. The molecule has 2 atom stereocenters. The Hall–Kier alpha value is -0.940. The molecule has 0 N–H and O–H groups in total. The molecule has 3 rings (SSSR count). The van der Waals surface area contributed by atoms with Gasteiger partial charge in [-0.3, -0.25) is 9.69 Å². The molecule has 116 valence electrons. The van der Waals surface area contributed by atoms with E-state index in [1.165, 1.54) is 30.6 Å². The predicted octanol–water partition coefficient (Wildman–Crippen LogP) is 2.93. The second kappa shape index (κ2) is 5.69. The van der Waals surface area contributed by atoms with Crippen LogP contribution in [0, 0.1) is 6.92 Å². The Morgan fingerprint density at radius 2 is 2.19 bits per heavy atom. The van der Waals surface area contributed by atoms with Crippen LogP contribution in [0.2, 0.25) is 0 Å². The number of aryl methyl sites for hydroxylation is 1. The highest BCUT2D eigenvalue weighted by Gasteiger charge is 2.46. The highest BCUT2D eigenvalue weighted by Crippen LogP contribution is 2.38. The Morgan fingerprint density at radius 1 is 1.38 bits per heavy atom. The quantitative estimate of drug-likeness (QED) is 0.800. The minimum absolute atomic E-state index is 0.128. The number of nitrogens with zero attached hydrogens (tertiary/aromatic N) is 3. The number of likely N-dealkylation sites (tertiary alicyclic amines) is 2. The van der Waals surface area contributed by atoms with Crippen LogP contribution in [0.4, 0.5) is 0 Å². The predicted molar refractivity (Wildman–Crippen MR) is 85.8 cm³/mol. The average molecular weight is 307 g/mol. The van der Waals surface area contributed by atoms with E-state index < -0.39 is 0 Å². The van der Waals surface area contributed by atoms with Gasteiger partial charge in [-0.25, -0.2) is 4.98 Å². The molecule has 4 nitrogen and oxygen atoms in total. The van der Waals surface area contributed by atoms with Gasteiger partial charge in [-0.2, -0.15) is 0 Å². The number of hydrogen-bond donors (Lipinski definition) is 0. The Balaban J connectivity index is 1.91. The van der Waals surface area contributed by atoms with Crippen molar-refractivity contribution in [2.45, 2.75) is 57.5 Å². The molecule has 2 saturated heterocycles. The van der Waals surface area contributed by atoms with Gasteiger partial charge in [-0.15, -0.1) is 11.3 Å². The van der Waals surface area contributed by atoms with E-state index in [0.717, 1.165) is 36.5 Å². The summed E-state index contributed by atoms with van der Waals surface area (Å²) in [7, 11) is 2.23. The molecule has 0 spiro atoms. The molecule has 0 aromatic carbocycles. The number of carbonyl (C=O) groups is 1. The molecule has 2 fully saturated rings. The Morgan fingerprint density at radius 3 is 2.90 bits per heavy atom. The lowest BCUT2D eigenvalue weighted by molar-refractivity contribution is -0.00315. The highest BCUT2D eigenvalue weighted by molar-refractivity contribution is 7.11. The number of fused-ring (bicyclic) bond motifs is 1. The van der Waals surface area contributed by atoms with E-state index in [9.17, 15) is 4.79 Å². The fourth-order valence-corrected chi connectivity index (χ4v) is 4.76. The van der Waals surface area contributed by atoms with Crippen LogP contribution in [0.3, 0.4) is 0 Å². The minimum atomic E-state index is 0.128. The number of aromatic nitrogens is 1. The third-order valence-corrected chi connectivity index (χ3v) is 6.39. The van der Waals surface area contributed by atoms with Crippen LogP contribution in [-0.4, -0.2) is 52.4 Å². The summed E-state index contributed by atoms with van der Waals surface area (Å²) in [5.41, 5.74) is 2.78. The monoisotopic (exact) mass is 307 g/mol. The molecule has 21 heavy (non-hydrogen) atoms. The van der Waals surface area contributed by atoms with Crippen molar-refractivity contribution in [3.8, 4) is 0 Å². The summed E-state index contributed by atoms with van der Waals surface area (Å²) in [6.07, 6.45) is 5.88. The third kappa shape index (κ3) is 2.50. The average Bonchev–Trinajstić information content (AvgIpc) is 2.83. The van der Waals surface area contributed by atoms with Crippen LogP contribution in [0.1, 0.15) is 54.4 Å². The number of carbonyl (C=O) groups excluding carboxylic acids is 1. The number of thiazole rings is 1. The van der Waals surface area contributed by atoms with E-state index in [2.05, 4.69) is 28.8 Å². The van der Waals surface area contributed by atoms with E-state index in [1.807, 2.05) is 6.92 Å². The van der Waals surface area contributed by atoms with E-state index in [0.29, 0.717) is 6.04 Å². The molecular formula is C16H25N3OS. The van der Waals surface area contributed by atoms with Crippen molar-refractivity contribution in [2.24, 2.45) is 0 Å². The first-order valence-corrected chi connectivity index (χ1v) is 8.84. The molecule has 2 aliphatic rings. The summed E-state index contributed by atoms with van der Waals surface area (Å²) >= 11 is 1.48. The zero-order valence-corrected chi connectivity index (χ0v) is 14.1. The second-order valence-electron chi connectivity index (χ2n) is 6.66. The lowest BCUT2D eigenvalue weighted by Crippen LogP contribution is -2.63. The van der Waals surface area contributed by atoms with Crippen molar-refractivity contribution in [1.29, 1.82) is 0 Å². The van der Waals surface area contributed by atoms with Gasteiger partial charge in [0.2, 0.25) is 0 Å². The Kier molecular flexibility index (Phi) is 4.06. The molecule has 0 saturated carbocycles. The van der Waals surface area contributed by atoms with E-state index in [4.69, 9.17) is 0 Å². The maximum atomic E-state index is 13.0. The molecule has 3 heterocycles. The van der Waals surface area contributed by atoms with Gasteiger partial charge in [-0.05, 0) is 53.1 Å². The van der Waals surface area contributed by atoms with Crippen molar-refractivity contribution in [1.82, 2.24) is 14.8 Å². The SMILES string of the molecule is Cc1ncsc1C(=O)N1CCC[C@@]2(C)[C@@H]1CCCCN2C. The van der Waals surface area contributed by atoms with Gasteiger partial charge in [0.25, 0.3) is 5.91 Å². The fraction of sp³-hybridized carbons (Fsp3) is 0.750. The summed E-state index contributed by atoms with van der Waals surface area (Å²) in [6, 6.07) is 0.341. The van der Waals surface area contributed by atoms with Crippen molar-refractivity contribution in [2.75, 3.05) is 20.1 Å².